The number of hydrogen-bond acceptors (Lipinski definition) is 5. The molecule has 2 unspecified atom stereocenters. The Balaban J connectivity index is 1.60. The van der Waals surface area contributed by atoms with E-state index in [0.29, 0.717) is 17.9 Å². The summed E-state index contributed by atoms with van der Waals surface area (Å²) in [4.78, 5) is 22.5. The molecular formula is C22H29N3O3. The van der Waals surface area contributed by atoms with Crippen LogP contribution in [0.15, 0.2) is 23.0 Å². The van der Waals surface area contributed by atoms with E-state index in [1.165, 1.54) is 5.56 Å². The number of hydrogen-bond donors (Lipinski definition) is 1. The van der Waals surface area contributed by atoms with Crippen molar-refractivity contribution in [2.75, 3.05) is 7.11 Å². The maximum atomic E-state index is 12.5. The van der Waals surface area contributed by atoms with E-state index in [2.05, 4.69) is 27.0 Å². The van der Waals surface area contributed by atoms with E-state index >= 15 is 0 Å². The van der Waals surface area contributed by atoms with Gasteiger partial charge in [-0.15, -0.1) is 0 Å². The number of aromatic amines is 1. The Bertz CT molecular complexity index is 922. The molecule has 0 spiro atoms. The minimum atomic E-state index is 0.0343. The number of rotatable bonds is 5. The van der Waals surface area contributed by atoms with E-state index in [9.17, 15) is 4.79 Å². The van der Waals surface area contributed by atoms with Gasteiger partial charge in [-0.2, -0.15) is 0 Å². The van der Waals surface area contributed by atoms with Crippen LogP contribution in [0.3, 0.4) is 0 Å². The lowest BCUT2D eigenvalue weighted by Gasteiger charge is -2.28. The van der Waals surface area contributed by atoms with Gasteiger partial charge in [-0.1, -0.05) is 6.07 Å². The van der Waals surface area contributed by atoms with E-state index in [4.69, 9.17) is 9.47 Å². The van der Waals surface area contributed by atoms with Crippen molar-refractivity contribution in [3.05, 3.63) is 51.2 Å². The Morgan fingerprint density at radius 3 is 2.68 bits per heavy atom. The number of nitrogens with one attached hydrogen (secondary N) is 1. The second-order valence-electron chi connectivity index (χ2n) is 8.19. The molecule has 0 radical (unpaired) electrons. The summed E-state index contributed by atoms with van der Waals surface area (Å²) in [6.07, 6.45) is 4.00. The molecule has 1 fully saturated rings. The average molecular weight is 383 g/mol. The number of ether oxygens (including phenoxy) is 2. The van der Waals surface area contributed by atoms with E-state index in [1.807, 2.05) is 26.8 Å². The average Bonchev–Trinajstić information content (AvgIpc) is 2.90. The molecule has 0 saturated carbocycles. The van der Waals surface area contributed by atoms with Crippen LogP contribution >= 0.6 is 0 Å². The van der Waals surface area contributed by atoms with E-state index in [1.54, 1.807) is 7.11 Å². The summed E-state index contributed by atoms with van der Waals surface area (Å²) >= 11 is 0. The molecule has 1 N–H and O–H groups in total. The number of fused-ring (bicyclic) bond motifs is 3. The molecule has 2 atom stereocenters. The summed E-state index contributed by atoms with van der Waals surface area (Å²) in [6.45, 7) is 6.74. The van der Waals surface area contributed by atoms with E-state index in [-0.39, 0.29) is 11.7 Å². The van der Waals surface area contributed by atoms with Crippen molar-refractivity contribution in [1.29, 1.82) is 0 Å². The van der Waals surface area contributed by atoms with Crippen molar-refractivity contribution >= 4 is 0 Å². The summed E-state index contributed by atoms with van der Waals surface area (Å²) in [5.74, 6) is 2.25. The standard InChI is InChI=1S/C22H29N3O3/c1-13(2)28-21-9-15(5-8-20(21)27-4)12-25-16-6-7-17(25)11-19-18(10-16)22(26)24-14(3)23-19/h5,8-9,13,16-17H,6-7,10-12H2,1-4H3,(H,23,24,26). The highest BCUT2D eigenvalue weighted by atomic mass is 16.5. The Kier molecular flexibility index (Phi) is 5.15. The summed E-state index contributed by atoms with van der Waals surface area (Å²) in [5.41, 5.74) is 3.10. The van der Waals surface area contributed by atoms with Gasteiger partial charge in [-0.05, 0) is 57.7 Å². The molecule has 4 rings (SSSR count). The molecule has 6 heteroatoms. The first-order chi connectivity index (χ1) is 13.4. The summed E-state index contributed by atoms with van der Waals surface area (Å²) in [7, 11) is 1.67. The smallest absolute Gasteiger partial charge is 0.254 e. The number of methoxy groups -OCH3 is 1. The lowest BCUT2D eigenvalue weighted by molar-refractivity contribution is 0.186. The van der Waals surface area contributed by atoms with Crippen LogP contribution in [0.5, 0.6) is 11.5 Å². The third-order valence-corrected chi connectivity index (χ3v) is 5.82. The highest BCUT2D eigenvalue weighted by Gasteiger charge is 2.38. The molecular weight excluding hydrogens is 354 g/mol. The Morgan fingerprint density at radius 1 is 1.21 bits per heavy atom. The highest BCUT2D eigenvalue weighted by Crippen LogP contribution is 2.35. The van der Waals surface area contributed by atoms with Crippen molar-refractivity contribution in [3.8, 4) is 11.5 Å². The number of nitrogens with zero attached hydrogens (tertiary/aromatic N) is 2. The molecule has 2 bridgehead atoms. The van der Waals surface area contributed by atoms with Crippen molar-refractivity contribution in [2.45, 2.75) is 71.2 Å². The minimum absolute atomic E-state index is 0.0343. The molecule has 0 amide bonds. The molecule has 2 aromatic rings. The van der Waals surface area contributed by atoms with Crippen molar-refractivity contribution in [1.82, 2.24) is 14.9 Å². The van der Waals surface area contributed by atoms with Gasteiger partial charge in [0.05, 0.1) is 18.9 Å². The number of benzene rings is 1. The predicted molar refractivity (Wildman–Crippen MR) is 108 cm³/mol. The zero-order valence-electron chi connectivity index (χ0n) is 17.1. The van der Waals surface area contributed by atoms with Crippen LogP contribution in [0.4, 0.5) is 0 Å². The number of H-pyrrole nitrogens is 1. The van der Waals surface area contributed by atoms with Crippen LogP contribution in [-0.2, 0) is 19.4 Å². The summed E-state index contributed by atoms with van der Waals surface area (Å²) < 4.78 is 11.4. The normalized spacial score (nSPS) is 21.5. The van der Waals surface area contributed by atoms with Crippen LogP contribution in [-0.4, -0.2) is 40.2 Å². The van der Waals surface area contributed by atoms with Gasteiger partial charge in [0.1, 0.15) is 5.82 Å². The largest absolute Gasteiger partial charge is 0.493 e. The lowest BCUT2D eigenvalue weighted by atomic mass is 9.98. The quantitative estimate of drug-likeness (QED) is 0.860. The SMILES string of the molecule is COc1ccc(CN2C3CCC2Cc2c(nc(C)[nH]c2=O)C3)cc1OC(C)C. The Morgan fingerprint density at radius 2 is 1.96 bits per heavy atom. The van der Waals surface area contributed by atoms with Gasteiger partial charge in [0.2, 0.25) is 0 Å². The third kappa shape index (κ3) is 3.65. The minimum Gasteiger partial charge on any atom is -0.493 e. The fourth-order valence-corrected chi connectivity index (χ4v) is 4.59. The molecule has 1 saturated heterocycles. The molecule has 0 aliphatic carbocycles. The van der Waals surface area contributed by atoms with Crippen molar-refractivity contribution < 1.29 is 9.47 Å². The van der Waals surface area contributed by atoms with Gasteiger partial charge in [0.25, 0.3) is 5.56 Å². The molecule has 1 aromatic heterocycles. The van der Waals surface area contributed by atoms with Crippen LogP contribution in [0, 0.1) is 6.92 Å². The third-order valence-electron chi connectivity index (χ3n) is 5.82. The molecule has 2 aliphatic rings. The topological polar surface area (TPSA) is 67.5 Å². The van der Waals surface area contributed by atoms with Crippen molar-refractivity contribution in [3.63, 3.8) is 0 Å². The molecule has 1 aromatic carbocycles. The molecule has 2 aliphatic heterocycles. The zero-order chi connectivity index (χ0) is 19.8. The van der Waals surface area contributed by atoms with Crippen LogP contribution in [0.25, 0.3) is 0 Å². The first kappa shape index (κ1) is 19.0. The second kappa shape index (κ2) is 7.59. The predicted octanol–water partition coefficient (Wildman–Crippen LogP) is 3.01. The second-order valence-corrected chi connectivity index (χ2v) is 8.19. The van der Waals surface area contributed by atoms with Gasteiger partial charge in [0, 0.05) is 30.6 Å². The molecule has 150 valence electrons. The first-order valence-corrected chi connectivity index (χ1v) is 10.1. The molecule has 28 heavy (non-hydrogen) atoms. The van der Waals surface area contributed by atoms with E-state index in [0.717, 1.165) is 55.0 Å². The van der Waals surface area contributed by atoms with Gasteiger partial charge in [-0.25, -0.2) is 4.98 Å². The van der Waals surface area contributed by atoms with Crippen molar-refractivity contribution in [2.24, 2.45) is 0 Å². The molecule has 6 nitrogen and oxygen atoms in total. The summed E-state index contributed by atoms with van der Waals surface area (Å²) in [5, 5.41) is 0. The monoisotopic (exact) mass is 383 g/mol. The fourth-order valence-electron chi connectivity index (χ4n) is 4.59. The van der Waals surface area contributed by atoms with Crippen LogP contribution in [0.2, 0.25) is 0 Å². The maximum absolute atomic E-state index is 12.5. The fraction of sp³-hybridized carbons (Fsp3) is 0.545. The lowest BCUT2D eigenvalue weighted by Crippen LogP contribution is -2.36. The maximum Gasteiger partial charge on any atom is 0.254 e. The number of aromatic nitrogens is 2. The van der Waals surface area contributed by atoms with Crippen LogP contribution < -0.4 is 15.0 Å². The Hall–Kier alpha value is -2.34. The van der Waals surface area contributed by atoms with Gasteiger partial charge < -0.3 is 14.5 Å². The van der Waals surface area contributed by atoms with Crippen LogP contribution in [0.1, 0.15) is 49.3 Å². The first-order valence-electron chi connectivity index (χ1n) is 10.1. The zero-order valence-corrected chi connectivity index (χ0v) is 17.1. The van der Waals surface area contributed by atoms with Gasteiger partial charge in [-0.3, -0.25) is 9.69 Å². The van der Waals surface area contributed by atoms with E-state index < -0.39 is 0 Å². The Labute approximate surface area is 165 Å². The summed E-state index contributed by atoms with van der Waals surface area (Å²) in [6, 6.07) is 6.99. The van der Waals surface area contributed by atoms with Gasteiger partial charge in [0.15, 0.2) is 11.5 Å². The number of aryl methyl sites for hydroxylation is 1. The van der Waals surface area contributed by atoms with Gasteiger partial charge >= 0.3 is 0 Å². The highest BCUT2D eigenvalue weighted by molar-refractivity contribution is 5.43. The molecule has 3 heterocycles.